The van der Waals surface area contributed by atoms with Crippen molar-refractivity contribution in [3.63, 3.8) is 0 Å². The molecular weight excluding hydrogens is 320 g/mol. The minimum Gasteiger partial charge on any atom is -0.488 e. The molecule has 1 N–H and O–H groups in total. The predicted octanol–water partition coefficient (Wildman–Crippen LogP) is 2.74. The summed E-state index contributed by atoms with van der Waals surface area (Å²) >= 11 is 0. The summed E-state index contributed by atoms with van der Waals surface area (Å²) < 4.78 is 16.8. The van der Waals surface area contributed by atoms with Crippen LogP contribution in [0.5, 0.6) is 11.5 Å². The maximum absolute atomic E-state index is 12.0. The summed E-state index contributed by atoms with van der Waals surface area (Å²) in [4.78, 5) is 12.0. The highest BCUT2D eigenvalue weighted by atomic mass is 16.5. The van der Waals surface area contributed by atoms with Gasteiger partial charge in [0.2, 0.25) is 5.91 Å². The molecule has 0 fully saturated rings. The molecule has 1 aromatic heterocycles. The topological polar surface area (TPSA) is 73.6 Å². The second kappa shape index (κ2) is 6.78. The van der Waals surface area contributed by atoms with Crippen LogP contribution >= 0.6 is 0 Å². The van der Waals surface area contributed by atoms with Gasteiger partial charge in [-0.15, -0.1) is 0 Å². The van der Waals surface area contributed by atoms with Gasteiger partial charge in [0.25, 0.3) is 0 Å². The number of benzene rings is 1. The van der Waals surface area contributed by atoms with Crippen molar-refractivity contribution in [2.75, 3.05) is 13.2 Å². The highest BCUT2D eigenvalue weighted by Crippen LogP contribution is 2.41. The van der Waals surface area contributed by atoms with Gasteiger partial charge in [-0.2, -0.15) is 0 Å². The molecule has 0 atom stereocenters. The van der Waals surface area contributed by atoms with Crippen molar-refractivity contribution in [2.45, 2.75) is 46.1 Å². The van der Waals surface area contributed by atoms with Gasteiger partial charge in [0.1, 0.15) is 18.0 Å². The molecule has 1 amide bonds. The predicted molar refractivity (Wildman–Crippen MR) is 93.0 cm³/mol. The molecule has 6 nitrogen and oxygen atoms in total. The van der Waals surface area contributed by atoms with E-state index in [0.29, 0.717) is 18.9 Å². The second-order valence-electron chi connectivity index (χ2n) is 6.96. The van der Waals surface area contributed by atoms with Crippen molar-refractivity contribution in [1.82, 2.24) is 10.5 Å². The Morgan fingerprint density at radius 2 is 2.16 bits per heavy atom. The molecule has 1 aliphatic heterocycles. The molecule has 0 unspecified atom stereocenters. The third-order valence-corrected chi connectivity index (χ3v) is 4.26. The Kier molecular flexibility index (Phi) is 4.70. The average molecular weight is 344 g/mol. The van der Waals surface area contributed by atoms with Crippen molar-refractivity contribution in [1.29, 1.82) is 0 Å². The van der Waals surface area contributed by atoms with Crippen molar-refractivity contribution in [3.8, 4) is 11.5 Å². The normalized spacial score (nSPS) is 14.7. The van der Waals surface area contributed by atoms with Gasteiger partial charge in [-0.25, -0.2) is 0 Å². The minimum atomic E-state index is -0.204. The Labute approximate surface area is 147 Å². The maximum atomic E-state index is 12.0. The van der Waals surface area contributed by atoms with Crippen LogP contribution in [0.15, 0.2) is 22.7 Å². The van der Waals surface area contributed by atoms with Crippen LogP contribution in [0, 0.1) is 13.8 Å². The number of aryl methyl sites for hydroxylation is 2. The van der Waals surface area contributed by atoms with E-state index >= 15 is 0 Å². The molecule has 0 aliphatic carbocycles. The fourth-order valence-corrected chi connectivity index (χ4v) is 3.03. The fourth-order valence-electron chi connectivity index (χ4n) is 3.03. The number of aromatic nitrogens is 1. The molecule has 0 radical (unpaired) electrons. The van der Waals surface area contributed by atoms with E-state index in [1.165, 1.54) is 0 Å². The molecule has 0 saturated heterocycles. The molecule has 0 spiro atoms. The van der Waals surface area contributed by atoms with Gasteiger partial charge in [-0.05, 0) is 33.8 Å². The standard InChI is InChI=1S/C19H24N2O4/c1-12-15(13(2)25-21-12)10-17(22)20-8-9-23-16-7-5-6-14-11-19(3,4)24-18(14)16/h5-7H,8-11H2,1-4H3,(H,20,22). The number of hydrogen-bond acceptors (Lipinski definition) is 5. The van der Waals surface area contributed by atoms with Crippen molar-refractivity contribution in [2.24, 2.45) is 0 Å². The van der Waals surface area contributed by atoms with Crippen LogP contribution in [-0.2, 0) is 17.6 Å². The molecule has 6 heteroatoms. The number of carbonyl (C=O) groups excluding carboxylic acids is 1. The summed E-state index contributed by atoms with van der Waals surface area (Å²) in [7, 11) is 0. The van der Waals surface area contributed by atoms with Gasteiger partial charge in [0, 0.05) is 17.5 Å². The Morgan fingerprint density at radius 3 is 2.88 bits per heavy atom. The Hall–Kier alpha value is -2.50. The number of fused-ring (bicyclic) bond motifs is 1. The Balaban J connectivity index is 1.48. The zero-order valence-corrected chi connectivity index (χ0v) is 15.1. The van der Waals surface area contributed by atoms with E-state index in [0.717, 1.165) is 34.7 Å². The molecule has 134 valence electrons. The van der Waals surface area contributed by atoms with E-state index in [9.17, 15) is 4.79 Å². The molecule has 0 saturated carbocycles. The summed E-state index contributed by atoms with van der Waals surface area (Å²) in [5, 5.41) is 6.71. The number of amides is 1. The molecule has 0 bridgehead atoms. The van der Waals surface area contributed by atoms with Crippen LogP contribution in [0.3, 0.4) is 0 Å². The summed E-state index contributed by atoms with van der Waals surface area (Å²) in [6.45, 7) is 8.57. The van der Waals surface area contributed by atoms with E-state index in [2.05, 4.69) is 30.4 Å². The van der Waals surface area contributed by atoms with Gasteiger partial charge in [0.15, 0.2) is 11.5 Å². The lowest BCUT2D eigenvalue weighted by Crippen LogP contribution is -2.29. The van der Waals surface area contributed by atoms with E-state index < -0.39 is 0 Å². The monoisotopic (exact) mass is 344 g/mol. The molecule has 1 aliphatic rings. The largest absolute Gasteiger partial charge is 0.488 e. The second-order valence-corrected chi connectivity index (χ2v) is 6.96. The molecule has 25 heavy (non-hydrogen) atoms. The fraction of sp³-hybridized carbons (Fsp3) is 0.474. The lowest BCUT2D eigenvalue weighted by molar-refractivity contribution is -0.120. The highest BCUT2D eigenvalue weighted by Gasteiger charge is 2.32. The molecular formula is C19H24N2O4. The number of para-hydroxylation sites is 1. The number of rotatable bonds is 6. The van der Waals surface area contributed by atoms with Crippen molar-refractivity contribution in [3.05, 3.63) is 40.8 Å². The van der Waals surface area contributed by atoms with Gasteiger partial charge in [-0.1, -0.05) is 17.3 Å². The molecule has 2 aromatic rings. The Morgan fingerprint density at radius 1 is 1.36 bits per heavy atom. The van der Waals surface area contributed by atoms with Crippen LogP contribution in [0.4, 0.5) is 0 Å². The van der Waals surface area contributed by atoms with Crippen LogP contribution in [0.2, 0.25) is 0 Å². The first-order chi connectivity index (χ1) is 11.9. The van der Waals surface area contributed by atoms with Crippen LogP contribution in [0.1, 0.15) is 36.4 Å². The summed E-state index contributed by atoms with van der Waals surface area (Å²) in [6.07, 6.45) is 1.13. The lowest BCUT2D eigenvalue weighted by atomic mass is 10.0. The Bertz CT molecular complexity index is 760. The van der Waals surface area contributed by atoms with Gasteiger partial charge in [-0.3, -0.25) is 4.79 Å². The molecule has 3 rings (SSSR count). The number of hydrogen-bond donors (Lipinski definition) is 1. The van der Waals surface area contributed by atoms with Crippen molar-refractivity contribution >= 4 is 5.91 Å². The third kappa shape index (κ3) is 3.95. The summed E-state index contributed by atoms with van der Waals surface area (Å²) in [5.41, 5.74) is 2.55. The SMILES string of the molecule is Cc1noc(C)c1CC(=O)NCCOc1cccc2c1OC(C)(C)C2. The number of nitrogens with one attached hydrogen (secondary N) is 1. The lowest BCUT2D eigenvalue weighted by Gasteiger charge is -2.18. The molecule has 1 aromatic carbocycles. The number of carbonyl (C=O) groups is 1. The summed E-state index contributed by atoms with van der Waals surface area (Å²) in [5.74, 6) is 2.15. The quantitative estimate of drug-likeness (QED) is 0.816. The van der Waals surface area contributed by atoms with E-state index in [1.807, 2.05) is 26.0 Å². The van der Waals surface area contributed by atoms with Gasteiger partial charge in [0.05, 0.1) is 18.7 Å². The summed E-state index contributed by atoms with van der Waals surface area (Å²) in [6, 6.07) is 5.92. The zero-order valence-electron chi connectivity index (χ0n) is 15.1. The van der Waals surface area contributed by atoms with Crippen LogP contribution in [0.25, 0.3) is 0 Å². The highest BCUT2D eigenvalue weighted by molar-refractivity contribution is 5.78. The third-order valence-electron chi connectivity index (χ3n) is 4.26. The molecule has 2 heterocycles. The first-order valence-corrected chi connectivity index (χ1v) is 8.48. The van der Waals surface area contributed by atoms with Crippen LogP contribution < -0.4 is 14.8 Å². The minimum absolute atomic E-state index is 0.0753. The van der Waals surface area contributed by atoms with Crippen molar-refractivity contribution < 1.29 is 18.8 Å². The first kappa shape index (κ1) is 17.3. The first-order valence-electron chi connectivity index (χ1n) is 8.48. The van der Waals surface area contributed by atoms with Crippen LogP contribution in [-0.4, -0.2) is 29.8 Å². The van der Waals surface area contributed by atoms with E-state index in [4.69, 9.17) is 14.0 Å². The van der Waals surface area contributed by atoms with Gasteiger partial charge >= 0.3 is 0 Å². The number of nitrogens with zero attached hydrogens (tertiary/aromatic N) is 1. The average Bonchev–Trinajstić information content (AvgIpc) is 3.03. The zero-order chi connectivity index (χ0) is 18.0. The number of ether oxygens (including phenoxy) is 2. The smallest absolute Gasteiger partial charge is 0.224 e. The van der Waals surface area contributed by atoms with E-state index in [-0.39, 0.29) is 17.9 Å². The van der Waals surface area contributed by atoms with Gasteiger partial charge < -0.3 is 19.3 Å². The van der Waals surface area contributed by atoms with E-state index in [1.54, 1.807) is 0 Å². The maximum Gasteiger partial charge on any atom is 0.224 e.